The summed E-state index contributed by atoms with van der Waals surface area (Å²) in [6.07, 6.45) is 2.43. The van der Waals surface area contributed by atoms with Crippen molar-refractivity contribution in [3.8, 4) is 5.75 Å². The van der Waals surface area contributed by atoms with Gasteiger partial charge < -0.3 is 24.8 Å². The Kier molecular flexibility index (Phi) is 12.6. The summed E-state index contributed by atoms with van der Waals surface area (Å²) in [6, 6.07) is 17.3. The fourth-order valence-electron chi connectivity index (χ4n) is 2.92. The zero-order chi connectivity index (χ0) is 23.7. The first-order valence-electron chi connectivity index (χ1n) is 11.2. The van der Waals surface area contributed by atoms with Crippen molar-refractivity contribution < 1.29 is 23.8 Å². The van der Waals surface area contributed by atoms with Crippen LogP contribution in [0.5, 0.6) is 5.75 Å². The Morgan fingerprint density at radius 3 is 2.39 bits per heavy atom. The van der Waals surface area contributed by atoms with Crippen LogP contribution < -0.4 is 15.4 Å². The quantitative estimate of drug-likeness (QED) is 0.241. The first-order chi connectivity index (χ1) is 16.1. The fraction of sp³-hybridized carbons (Fsp3) is 0.400. The van der Waals surface area contributed by atoms with E-state index in [2.05, 4.69) is 22.8 Å². The van der Waals surface area contributed by atoms with Gasteiger partial charge in [0.15, 0.2) is 5.11 Å². The third kappa shape index (κ3) is 12.0. The predicted octanol–water partition coefficient (Wildman–Crippen LogP) is 4.26. The number of anilines is 1. The average molecular weight is 473 g/mol. The lowest BCUT2D eigenvalue weighted by atomic mass is 10.1. The molecule has 0 spiro atoms. The predicted molar refractivity (Wildman–Crippen MR) is 132 cm³/mol. The van der Waals surface area contributed by atoms with Gasteiger partial charge in [0.25, 0.3) is 0 Å². The summed E-state index contributed by atoms with van der Waals surface area (Å²) in [4.78, 5) is 23.9. The van der Waals surface area contributed by atoms with Crippen molar-refractivity contribution in [1.82, 2.24) is 5.32 Å². The highest BCUT2D eigenvalue weighted by Crippen LogP contribution is 2.15. The van der Waals surface area contributed by atoms with Crippen LogP contribution in [0.1, 0.15) is 38.2 Å². The molecule has 0 aliphatic heterocycles. The van der Waals surface area contributed by atoms with Crippen LogP contribution in [0, 0.1) is 0 Å². The normalized spacial score (nSPS) is 10.3. The van der Waals surface area contributed by atoms with E-state index in [1.807, 2.05) is 49.4 Å². The standard InChI is InChI=1S/C25H32N2O5S/c1-2-30-18-19-31-22-15-13-21(14-16-22)26-25(33)27-23(28)11-6-12-24(29)32-17-7-10-20-8-4-3-5-9-20/h3-5,8-9,13-16H,2,6-7,10-12,17-19H2,1H3,(H2,26,27,28,33). The number of hydrogen-bond donors (Lipinski definition) is 2. The summed E-state index contributed by atoms with van der Waals surface area (Å²) in [5, 5.41) is 5.77. The molecule has 0 aromatic heterocycles. The highest BCUT2D eigenvalue weighted by atomic mass is 32.1. The Labute approximate surface area is 200 Å². The van der Waals surface area contributed by atoms with E-state index in [9.17, 15) is 9.59 Å². The van der Waals surface area contributed by atoms with E-state index >= 15 is 0 Å². The number of ether oxygens (including phenoxy) is 3. The smallest absolute Gasteiger partial charge is 0.305 e. The lowest BCUT2D eigenvalue weighted by Crippen LogP contribution is -2.34. The van der Waals surface area contributed by atoms with Gasteiger partial charge in [-0.2, -0.15) is 0 Å². The van der Waals surface area contributed by atoms with Crippen molar-refractivity contribution >= 4 is 34.9 Å². The molecule has 0 atom stereocenters. The van der Waals surface area contributed by atoms with Gasteiger partial charge >= 0.3 is 5.97 Å². The van der Waals surface area contributed by atoms with Gasteiger partial charge in [0.2, 0.25) is 5.91 Å². The SMILES string of the molecule is CCOCCOc1ccc(NC(=S)NC(=O)CCCC(=O)OCCCc2ccccc2)cc1. The molecule has 2 aromatic carbocycles. The monoisotopic (exact) mass is 472 g/mol. The largest absolute Gasteiger partial charge is 0.491 e. The number of esters is 1. The van der Waals surface area contributed by atoms with Crippen LogP contribution in [0.2, 0.25) is 0 Å². The Morgan fingerprint density at radius 2 is 1.67 bits per heavy atom. The van der Waals surface area contributed by atoms with Crippen molar-refractivity contribution in [2.75, 3.05) is 31.7 Å². The minimum Gasteiger partial charge on any atom is -0.491 e. The van der Waals surface area contributed by atoms with E-state index in [-0.39, 0.29) is 29.8 Å². The lowest BCUT2D eigenvalue weighted by molar-refractivity contribution is -0.143. The molecule has 0 bridgehead atoms. The fourth-order valence-corrected chi connectivity index (χ4v) is 3.15. The Morgan fingerprint density at radius 1 is 0.909 bits per heavy atom. The van der Waals surface area contributed by atoms with Gasteiger partial charge in [-0.1, -0.05) is 30.3 Å². The number of aryl methyl sites for hydroxylation is 1. The maximum atomic E-state index is 12.0. The number of carbonyl (C=O) groups is 2. The third-order valence-electron chi connectivity index (χ3n) is 4.57. The molecule has 0 aliphatic carbocycles. The highest BCUT2D eigenvalue weighted by Gasteiger charge is 2.08. The molecule has 0 saturated heterocycles. The maximum Gasteiger partial charge on any atom is 0.305 e. The average Bonchev–Trinajstić information content (AvgIpc) is 2.81. The van der Waals surface area contributed by atoms with Crippen LogP contribution >= 0.6 is 12.2 Å². The van der Waals surface area contributed by atoms with Crippen molar-refractivity contribution in [3.05, 3.63) is 60.2 Å². The summed E-state index contributed by atoms with van der Waals surface area (Å²) in [7, 11) is 0. The van der Waals surface area contributed by atoms with Gasteiger partial charge in [0, 0.05) is 25.1 Å². The third-order valence-corrected chi connectivity index (χ3v) is 4.77. The molecule has 7 nitrogen and oxygen atoms in total. The molecule has 8 heteroatoms. The van der Waals surface area contributed by atoms with E-state index in [1.165, 1.54) is 5.56 Å². The first kappa shape index (κ1) is 26.3. The number of nitrogens with one attached hydrogen (secondary N) is 2. The van der Waals surface area contributed by atoms with Crippen molar-refractivity contribution in [2.24, 2.45) is 0 Å². The topological polar surface area (TPSA) is 85.9 Å². The minimum absolute atomic E-state index is 0.188. The van der Waals surface area contributed by atoms with Crippen LogP contribution in [-0.4, -0.2) is 43.4 Å². The van der Waals surface area contributed by atoms with E-state index in [4.69, 9.17) is 26.4 Å². The zero-order valence-corrected chi connectivity index (χ0v) is 19.8. The van der Waals surface area contributed by atoms with Gasteiger partial charge in [-0.05, 0) is 68.2 Å². The second-order valence-electron chi connectivity index (χ2n) is 7.24. The van der Waals surface area contributed by atoms with E-state index in [0.29, 0.717) is 32.8 Å². The van der Waals surface area contributed by atoms with Crippen LogP contribution in [0.15, 0.2) is 54.6 Å². The minimum atomic E-state index is -0.292. The molecule has 2 rings (SSSR count). The summed E-state index contributed by atoms with van der Waals surface area (Å²) >= 11 is 5.17. The molecular weight excluding hydrogens is 440 g/mol. The first-order valence-corrected chi connectivity index (χ1v) is 11.6. The molecule has 0 radical (unpaired) electrons. The van der Waals surface area contributed by atoms with Crippen LogP contribution in [0.4, 0.5) is 5.69 Å². The van der Waals surface area contributed by atoms with E-state index < -0.39 is 0 Å². The number of amides is 1. The number of carbonyl (C=O) groups excluding carboxylic acids is 2. The van der Waals surface area contributed by atoms with E-state index in [1.54, 1.807) is 0 Å². The van der Waals surface area contributed by atoms with Crippen LogP contribution in [-0.2, 0) is 25.5 Å². The lowest BCUT2D eigenvalue weighted by Gasteiger charge is -2.11. The summed E-state index contributed by atoms with van der Waals surface area (Å²) in [5.74, 6) is 0.183. The summed E-state index contributed by atoms with van der Waals surface area (Å²) in [5.41, 5.74) is 1.95. The molecular formula is C25H32N2O5S. The second kappa shape index (κ2) is 15.8. The molecule has 0 unspecified atom stereocenters. The molecule has 2 aromatic rings. The van der Waals surface area contributed by atoms with Crippen molar-refractivity contribution in [3.63, 3.8) is 0 Å². The Balaban J connectivity index is 1.54. The Hall–Kier alpha value is -2.97. The van der Waals surface area contributed by atoms with Crippen molar-refractivity contribution in [1.29, 1.82) is 0 Å². The molecule has 2 N–H and O–H groups in total. The van der Waals surface area contributed by atoms with Crippen LogP contribution in [0.3, 0.4) is 0 Å². The molecule has 1 amide bonds. The number of rotatable bonds is 14. The Bertz CT molecular complexity index is 859. The van der Waals surface area contributed by atoms with Gasteiger partial charge in [-0.25, -0.2) is 0 Å². The zero-order valence-electron chi connectivity index (χ0n) is 19.0. The second-order valence-corrected chi connectivity index (χ2v) is 7.64. The number of benzene rings is 2. The van der Waals surface area contributed by atoms with E-state index in [0.717, 1.165) is 24.3 Å². The summed E-state index contributed by atoms with van der Waals surface area (Å²) < 4.78 is 16.0. The molecule has 0 fully saturated rings. The maximum absolute atomic E-state index is 12.0. The van der Waals surface area contributed by atoms with Gasteiger partial charge in [0.05, 0.1) is 13.2 Å². The molecule has 0 aliphatic rings. The molecule has 0 heterocycles. The van der Waals surface area contributed by atoms with Crippen molar-refractivity contribution in [2.45, 2.75) is 39.0 Å². The van der Waals surface area contributed by atoms with Gasteiger partial charge in [0.1, 0.15) is 12.4 Å². The number of thiocarbonyl (C=S) groups is 1. The molecule has 33 heavy (non-hydrogen) atoms. The molecule has 0 saturated carbocycles. The van der Waals surface area contributed by atoms with Gasteiger partial charge in [-0.3, -0.25) is 9.59 Å². The number of hydrogen-bond acceptors (Lipinski definition) is 6. The molecule has 178 valence electrons. The van der Waals surface area contributed by atoms with Crippen LogP contribution in [0.25, 0.3) is 0 Å². The summed E-state index contributed by atoms with van der Waals surface area (Å²) in [6.45, 7) is 4.00. The highest BCUT2D eigenvalue weighted by molar-refractivity contribution is 7.80. The van der Waals surface area contributed by atoms with Gasteiger partial charge in [-0.15, -0.1) is 0 Å².